The number of likely N-dealkylation sites (tertiary alicyclic amines) is 1. The first-order valence-electron chi connectivity index (χ1n) is 5.80. The summed E-state index contributed by atoms with van der Waals surface area (Å²) in [6, 6.07) is -1.10. The Labute approximate surface area is 109 Å². The van der Waals surface area contributed by atoms with Crippen molar-refractivity contribution in [3.63, 3.8) is 0 Å². The molecule has 0 spiro atoms. The van der Waals surface area contributed by atoms with Gasteiger partial charge in [-0.15, -0.1) is 11.3 Å². The smallest absolute Gasteiger partial charge is 0.326 e. The summed E-state index contributed by atoms with van der Waals surface area (Å²) in [5.74, 6) is -0.944. The number of rotatable bonds is 2. The fourth-order valence-corrected chi connectivity index (χ4v) is 2.68. The Morgan fingerprint density at radius 1 is 1.56 bits per heavy atom. The SMILES string of the molecule is Cc1csc(NC(=O)N2CCCCC2C(=O)O)n1. The number of nitrogens with zero attached hydrogens (tertiary/aromatic N) is 2. The Hall–Kier alpha value is -1.63. The Balaban J connectivity index is 2.04. The van der Waals surface area contributed by atoms with Crippen LogP contribution >= 0.6 is 11.3 Å². The number of aryl methyl sites for hydroxylation is 1. The van der Waals surface area contributed by atoms with Crippen molar-refractivity contribution in [2.45, 2.75) is 32.2 Å². The fourth-order valence-electron chi connectivity index (χ4n) is 2.01. The van der Waals surface area contributed by atoms with Gasteiger partial charge in [0.2, 0.25) is 0 Å². The number of carbonyl (C=O) groups is 2. The minimum atomic E-state index is -0.944. The number of urea groups is 1. The van der Waals surface area contributed by atoms with E-state index in [0.29, 0.717) is 18.1 Å². The molecule has 2 rings (SSSR count). The van der Waals surface area contributed by atoms with Crippen molar-refractivity contribution >= 4 is 28.5 Å². The van der Waals surface area contributed by atoms with Crippen molar-refractivity contribution in [3.8, 4) is 0 Å². The standard InChI is InChI=1S/C11H15N3O3S/c1-7-6-18-10(12-7)13-11(17)14-5-3-2-4-8(14)9(15)16/h6,8H,2-5H2,1H3,(H,15,16)(H,12,13,17). The van der Waals surface area contributed by atoms with Crippen molar-refractivity contribution in [2.24, 2.45) is 0 Å². The van der Waals surface area contributed by atoms with Gasteiger partial charge >= 0.3 is 12.0 Å². The van der Waals surface area contributed by atoms with Gasteiger partial charge in [0.1, 0.15) is 6.04 Å². The highest BCUT2D eigenvalue weighted by molar-refractivity contribution is 7.13. The molecule has 0 aromatic carbocycles. The molecule has 2 heterocycles. The average Bonchev–Trinajstić information content (AvgIpc) is 2.74. The number of anilines is 1. The van der Waals surface area contributed by atoms with E-state index in [4.69, 9.17) is 5.11 Å². The summed E-state index contributed by atoms with van der Waals surface area (Å²) in [6.07, 6.45) is 2.20. The molecule has 1 aliphatic heterocycles. The zero-order valence-electron chi connectivity index (χ0n) is 10.0. The summed E-state index contributed by atoms with van der Waals surface area (Å²) in [5, 5.41) is 14.1. The van der Waals surface area contributed by atoms with E-state index in [-0.39, 0.29) is 6.03 Å². The summed E-state index contributed by atoms with van der Waals surface area (Å²) >= 11 is 1.33. The maximum atomic E-state index is 12.0. The zero-order valence-corrected chi connectivity index (χ0v) is 10.9. The van der Waals surface area contributed by atoms with Gasteiger partial charge in [0.25, 0.3) is 0 Å². The number of carbonyl (C=O) groups excluding carboxylic acids is 1. The number of hydrogen-bond acceptors (Lipinski definition) is 4. The second-order valence-electron chi connectivity index (χ2n) is 4.27. The van der Waals surface area contributed by atoms with Crippen molar-refractivity contribution in [1.82, 2.24) is 9.88 Å². The third-order valence-corrected chi connectivity index (χ3v) is 3.76. The van der Waals surface area contributed by atoms with Gasteiger partial charge in [-0.2, -0.15) is 0 Å². The number of carboxylic acid groups (broad SMARTS) is 1. The summed E-state index contributed by atoms with van der Waals surface area (Å²) in [5.41, 5.74) is 0.837. The van der Waals surface area contributed by atoms with E-state index in [2.05, 4.69) is 10.3 Å². The Morgan fingerprint density at radius 3 is 2.94 bits per heavy atom. The zero-order chi connectivity index (χ0) is 13.1. The highest BCUT2D eigenvalue weighted by Crippen LogP contribution is 2.20. The molecule has 18 heavy (non-hydrogen) atoms. The molecule has 1 atom stereocenters. The molecule has 1 aromatic heterocycles. The lowest BCUT2D eigenvalue weighted by Crippen LogP contribution is -2.49. The molecular weight excluding hydrogens is 254 g/mol. The van der Waals surface area contributed by atoms with E-state index in [9.17, 15) is 9.59 Å². The van der Waals surface area contributed by atoms with Crippen molar-refractivity contribution in [3.05, 3.63) is 11.1 Å². The summed E-state index contributed by atoms with van der Waals surface area (Å²) in [7, 11) is 0. The quantitative estimate of drug-likeness (QED) is 0.859. The van der Waals surface area contributed by atoms with E-state index in [1.54, 1.807) is 0 Å². The lowest BCUT2D eigenvalue weighted by atomic mass is 10.0. The first kappa shape index (κ1) is 12.8. The molecule has 1 fully saturated rings. The number of amides is 2. The number of nitrogens with one attached hydrogen (secondary N) is 1. The predicted octanol–water partition coefficient (Wildman–Crippen LogP) is 1.92. The van der Waals surface area contributed by atoms with Gasteiger partial charge < -0.3 is 10.0 Å². The summed E-state index contributed by atoms with van der Waals surface area (Å²) < 4.78 is 0. The molecule has 1 aliphatic rings. The fraction of sp³-hybridized carbons (Fsp3) is 0.545. The van der Waals surface area contributed by atoms with Gasteiger partial charge in [0.15, 0.2) is 5.13 Å². The van der Waals surface area contributed by atoms with Gasteiger partial charge in [-0.05, 0) is 26.2 Å². The highest BCUT2D eigenvalue weighted by atomic mass is 32.1. The van der Waals surface area contributed by atoms with Crippen molar-refractivity contribution < 1.29 is 14.7 Å². The highest BCUT2D eigenvalue weighted by Gasteiger charge is 2.32. The van der Waals surface area contributed by atoms with Crippen LogP contribution in [0.3, 0.4) is 0 Å². The van der Waals surface area contributed by atoms with Crippen LogP contribution in [-0.2, 0) is 4.79 Å². The molecule has 0 radical (unpaired) electrons. The summed E-state index contributed by atoms with van der Waals surface area (Å²) in [6.45, 7) is 2.32. The van der Waals surface area contributed by atoms with Gasteiger partial charge in [0, 0.05) is 11.9 Å². The first-order valence-corrected chi connectivity index (χ1v) is 6.68. The molecular formula is C11H15N3O3S. The maximum absolute atomic E-state index is 12.0. The van der Waals surface area contributed by atoms with Crippen LogP contribution in [-0.4, -0.2) is 39.6 Å². The Morgan fingerprint density at radius 2 is 2.33 bits per heavy atom. The van der Waals surface area contributed by atoms with Gasteiger partial charge in [-0.3, -0.25) is 5.32 Å². The van der Waals surface area contributed by atoms with E-state index < -0.39 is 12.0 Å². The van der Waals surface area contributed by atoms with Gasteiger partial charge in [-0.1, -0.05) is 0 Å². The third-order valence-electron chi connectivity index (χ3n) is 2.88. The van der Waals surface area contributed by atoms with E-state index in [0.717, 1.165) is 18.5 Å². The molecule has 0 aliphatic carbocycles. The number of thiazole rings is 1. The number of hydrogen-bond donors (Lipinski definition) is 2. The van der Waals surface area contributed by atoms with Gasteiger partial charge in [-0.25, -0.2) is 14.6 Å². The van der Waals surface area contributed by atoms with E-state index >= 15 is 0 Å². The van der Waals surface area contributed by atoms with Crippen LogP contribution in [0, 0.1) is 6.92 Å². The van der Waals surface area contributed by atoms with Crippen molar-refractivity contribution in [1.29, 1.82) is 0 Å². The molecule has 98 valence electrons. The van der Waals surface area contributed by atoms with Crippen LogP contribution in [0.5, 0.6) is 0 Å². The van der Waals surface area contributed by atoms with Gasteiger partial charge in [0.05, 0.1) is 5.69 Å². The molecule has 1 aromatic rings. The summed E-state index contributed by atoms with van der Waals surface area (Å²) in [4.78, 5) is 28.6. The Bertz CT molecular complexity index is 460. The lowest BCUT2D eigenvalue weighted by Gasteiger charge is -2.32. The predicted molar refractivity (Wildman–Crippen MR) is 67.9 cm³/mol. The minimum Gasteiger partial charge on any atom is -0.480 e. The van der Waals surface area contributed by atoms with Crippen LogP contribution in [0.15, 0.2) is 5.38 Å². The second-order valence-corrected chi connectivity index (χ2v) is 5.13. The van der Waals surface area contributed by atoms with Crippen LogP contribution in [0.25, 0.3) is 0 Å². The molecule has 0 bridgehead atoms. The van der Waals surface area contributed by atoms with E-state index in [1.807, 2.05) is 12.3 Å². The molecule has 2 amide bonds. The van der Waals surface area contributed by atoms with Crippen molar-refractivity contribution in [2.75, 3.05) is 11.9 Å². The monoisotopic (exact) mass is 269 g/mol. The number of piperidine rings is 1. The minimum absolute atomic E-state index is 0.378. The lowest BCUT2D eigenvalue weighted by molar-refractivity contribution is -0.143. The largest absolute Gasteiger partial charge is 0.480 e. The molecule has 6 nitrogen and oxygen atoms in total. The average molecular weight is 269 g/mol. The second kappa shape index (κ2) is 5.34. The molecule has 7 heteroatoms. The number of aliphatic carboxylic acids is 1. The number of aromatic nitrogens is 1. The van der Waals surface area contributed by atoms with Crippen LogP contribution in [0.2, 0.25) is 0 Å². The number of carboxylic acids is 1. The van der Waals surface area contributed by atoms with Crippen LogP contribution in [0.4, 0.5) is 9.93 Å². The first-order chi connectivity index (χ1) is 8.58. The Kier molecular flexibility index (Phi) is 3.81. The topological polar surface area (TPSA) is 82.5 Å². The molecule has 1 unspecified atom stereocenters. The molecule has 0 saturated carbocycles. The van der Waals surface area contributed by atoms with Crippen LogP contribution < -0.4 is 5.32 Å². The normalized spacial score (nSPS) is 19.6. The van der Waals surface area contributed by atoms with E-state index in [1.165, 1.54) is 16.2 Å². The van der Waals surface area contributed by atoms with Crippen LogP contribution in [0.1, 0.15) is 25.0 Å². The molecule has 1 saturated heterocycles. The third kappa shape index (κ3) is 2.79. The molecule has 2 N–H and O–H groups in total. The maximum Gasteiger partial charge on any atom is 0.326 e.